The monoisotopic (exact) mass is 191 g/mol. The predicted octanol–water partition coefficient (Wildman–Crippen LogP) is 1.35. The molecule has 0 aliphatic carbocycles. The molecule has 3 heteroatoms. The molecule has 0 spiro atoms. The summed E-state index contributed by atoms with van der Waals surface area (Å²) in [6.45, 7) is 3.44. The van der Waals surface area contributed by atoms with Crippen molar-refractivity contribution in [3.63, 3.8) is 0 Å². The van der Waals surface area contributed by atoms with Gasteiger partial charge in [0.05, 0.1) is 0 Å². The Kier molecular flexibility index (Phi) is 3.88. The van der Waals surface area contributed by atoms with Gasteiger partial charge in [0, 0.05) is 12.3 Å². The minimum absolute atomic E-state index is 0.0704. The van der Waals surface area contributed by atoms with Gasteiger partial charge in [0.15, 0.2) is 0 Å². The fraction of sp³-hybridized carbons (Fsp3) is 0.182. The van der Waals surface area contributed by atoms with Crippen molar-refractivity contribution in [2.75, 3.05) is 11.9 Å². The highest BCUT2D eigenvalue weighted by Gasteiger charge is 2.02. The van der Waals surface area contributed by atoms with E-state index < -0.39 is 0 Å². The number of hydrogen-bond donors (Lipinski definition) is 2. The molecule has 0 radical (unpaired) electrons. The first-order valence-corrected chi connectivity index (χ1v) is 4.40. The lowest BCUT2D eigenvalue weighted by Gasteiger charge is -2.07. The van der Waals surface area contributed by atoms with E-state index in [0.717, 1.165) is 11.3 Å². The number of para-hydroxylation sites is 1. The van der Waals surface area contributed by atoms with Crippen molar-refractivity contribution >= 4 is 11.6 Å². The summed E-state index contributed by atoms with van der Waals surface area (Å²) in [5, 5.41) is 11.5. The Labute approximate surface area is 83.1 Å². The summed E-state index contributed by atoms with van der Waals surface area (Å²) in [4.78, 5) is 11.0. The van der Waals surface area contributed by atoms with E-state index in [1.165, 1.54) is 6.08 Å². The molecular formula is C11H13NO2. The molecule has 0 atom stereocenters. The molecule has 1 amide bonds. The van der Waals surface area contributed by atoms with Crippen molar-refractivity contribution in [3.05, 3.63) is 42.5 Å². The van der Waals surface area contributed by atoms with Gasteiger partial charge in [-0.05, 0) is 24.1 Å². The lowest BCUT2D eigenvalue weighted by molar-refractivity contribution is -0.111. The zero-order valence-electron chi connectivity index (χ0n) is 7.86. The van der Waals surface area contributed by atoms with Crippen LogP contribution in [0.4, 0.5) is 5.69 Å². The highest BCUT2D eigenvalue weighted by atomic mass is 16.3. The molecule has 1 aromatic rings. The Morgan fingerprint density at radius 1 is 1.50 bits per heavy atom. The molecule has 14 heavy (non-hydrogen) atoms. The van der Waals surface area contributed by atoms with E-state index in [2.05, 4.69) is 11.9 Å². The number of carbonyl (C=O) groups excluding carboxylic acids is 1. The number of benzene rings is 1. The third-order valence-corrected chi connectivity index (χ3v) is 1.84. The molecule has 0 aliphatic heterocycles. The van der Waals surface area contributed by atoms with Gasteiger partial charge in [-0.25, -0.2) is 0 Å². The number of aliphatic hydroxyl groups is 1. The highest BCUT2D eigenvalue weighted by molar-refractivity contribution is 5.99. The number of nitrogens with one attached hydrogen (secondary N) is 1. The van der Waals surface area contributed by atoms with Gasteiger partial charge in [-0.3, -0.25) is 4.79 Å². The largest absolute Gasteiger partial charge is 0.396 e. The second-order valence-corrected chi connectivity index (χ2v) is 2.82. The normalized spacial score (nSPS) is 9.50. The maximum absolute atomic E-state index is 11.0. The fourth-order valence-electron chi connectivity index (χ4n) is 1.16. The summed E-state index contributed by atoms with van der Waals surface area (Å²) >= 11 is 0. The Morgan fingerprint density at radius 3 is 2.86 bits per heavy atom. The summed E-state index contributed by atoms with van der Waals surface area (Å²) < 4.78 is 0. The molecule has 0 saturated heterocycles. The number of rotatable bonds is 4. The third-order valence-electron chi connectivity index (χ3n) is 1.84. The molecular weight excluding hydrogens is 178 g/mol. The van der Waals surface area contributed by atoms with Crippen molar-refractivity contribution in [3.8, 4) is 0 Å². The predicted molar refractivity (Wildman–Crippen MR) is 56.1 cm³/mol. The molecule has 74 valence electrons. The van der Waals surface area contributed by atoms with Crippen LogP contribution in [-0.4, -0.2) is 17.6 Å². The summed E-state index contributed by atoms with van der Waals surface area (Å²) in [6, 6.07) is 7.37. The van der Waals surface area contributed by atoms with E-state index in [1.807, 2.05) is 18.2 Å². The standard InChI is InChI=1S/C11H13NO2/c1-2-11(14)12-10-6-4-3-5-9(10)7-8-13/h2-6,13H,1,7-8H2,(H,12,14). The van der Waals surface area contributed by atoms with Gasteiger partial charge in [-0.1, -0.05) is 24.8 Å². The van der Waals surface area contributed by atoms with Crippen molar-refractivity contribution in [1.29, 1.82) is 0 Å². The summed E-state index contributed by atoms with van der Waals surface area (Å²) in [5.41, 5.74) is 1.65. The molecule has 0 aromatic heterocycles. The quantitative estimate of drug-likeness (QED) is 0.706. The van der Waals surface area contributed by atoms with Gasteiger partial charge in [0.1, 0.15) is 0 Å². The van der Waals surface area contributed by atoms with Crippen LogP contribution in [0.2, 0.25) is 0 Å². The van der Waals surface area contributed by atoms with Crippen molar-refractivity contribution < 1.29 is 9.90 Å². The van der Waals surface area contributed by atoms with E-state index in [4.69, 9.17) is 5.11 Å². The van der Waals surface area contributed by atoms with Crippen LogP contribution in [-0.2, 0) is 11.2 Å². The van der Waals surface area contributed by atoms with Crippen LogP contribution in [0, 0.1) is 0 Å². The molecule has 0 bridgehead atoms. The highest BCUT2D eigenvalue weighted by Crippen LogP contribution is 2.15. The van der Waals surface area contributed by atoms with Crippen LogP contribution in [0.5, 0.6) is 0 Å². The zero-order chi connectivity index (χ0) is 10.4. The molecule has 0 unspecified atom stereocenters. The number of anilines is 1. The SMILES string of the molecule is C=CC(=O)Nc1ccccc1CCO. The van der Waals surface area contributed by atoms with E-state index >= 15 is 0 Å². The second kappa shape index (κ2) is 5.19. The van der Waals surface area contributed by atoms with Gasteiger partial charge in [0.25, 0.3) is 0 Å². The molecule has 3 nitrogen and oxygen atoms in total. The second-order valence-electron chi connectivity index (χ2n) is 2.82. The van der Waals surface area contributed by atoms with Gasteiger partial charge in [-0.15, -0.1) is 0 Å². The Hall–Kier alpha value is -1.61. The third kappa shape index (κ3) is 2.71. The lowest BCUT2D eigenvalue weighted by Crippen LogP contribution is -2.09. The van der Waals surface area contributed by atoms with Crippen LogP contribution in [0.25, 0.3) is 0 Å². The van der Waals surface area contributed by atoms with Crippen LogP contribution >= 0.6 is 0 Å². The first kappa shape index (κ1) is 10.5. The summed E-state index contributed by atoms with van der Waals surface area (Å²) in [6.07, 6.45) is 1.75. The minimum atomic E-state index is -0.240. The zero-order valence-corrected chi connectivity index (χ0v) is 7.86. The smallest absolute Gasteiger partial charge is 0.247 e. The van der Waals surface area contributed by atoms with Crippen molar-refractivity contribution in [1.82, 2.24) is 0 Å². The fourth-order valence-corrected chi connectivity index (χ4v) is 1.16. The number of aliphatic hydroxyl groups excluding tert-OH is 1. The molecule has 1 aromatic carbocycles. The molecule has 1 rings (SSSR count). The lowest BCUT2D eigenvalue weighted by atomic mass is 10.1. The molecule has 0 fully saturated rings. The number of carbonyl (C=O) groups is 1. The van der Waals surface area contributed by atoms with Gasteiger partial charge >= 0.3 is 0 Å². The number of amides is 1. The average Bonchev–Trinajstić information content (AvgIpc) is 2.21. The molecule has 0 aliphatic rings. The first-order valence-electron chi connectivity index (χ1n) is 4.40. The summed E-state index contributed by atoms with van der Waals surface area (Å²) in [7, 11) is 0. The molecule has 0 saturated carbocycles. The van der Waals surface area contributed by atoms with Gasteiger partial charge < -0.3 is 10.4 Å². The van der Waals surface area contributed by atoms with Crippen LogP contribution in [0.15, 0.2) is 36.9 Å². The van der Waals surface area contributed by atoms with Crippen molar-refractivity contribution in [2.24, 2.45) is 0 Å². The minimum Gasteiger partial charge on any atom is -0.396 e. The molecule has 0 heterocycles. The van der Waals surface area contributed by atoms with Gasteiger partial charge in [0.2, 0.25) is 5.91 Å². The van der Waals surface area contributed by atoms with Crippen molar-refractivity contribution in [2.45, 2.75) is 6.42 Å². The average molecular weight is 191 g/mol. The topological polar surface area (TPSA) is 49.3 Å². The van der Waals surface area contributed by atoms with Crippen LogP contribution in [0.1, 0.15) is 5.56 Å². The van der Waals surface area contributed by atoms with Gasteiger partial charge in [-0.2, -0.15) is 0 Å². The van der Waals surface area contributed by atoms with E-state index in [1.54, 1.807) is 6.07 Å². The first-order chi connectivity index (χ1) is 6.77. The number of hydrogen-bond acceptors (Lipinski definition) is 2. The van der Waals surface area contributed by atoms with E-state index in [0.29, 0.717) is 6.42 Å². The summed E-state index contributed by atoms with van der Waals surface area (Å²) in [5.74, 6) is -0.240. The van der Waals surface area contributed by atoms with Crippen LogP contribution < -0.4 is 5.32 Å². The van der Waals surface area contributed by atoms with E-state index in [-0.39, 0.29) is 12.5 Å². The Balaban J connectivity index is 2.83. The maximum Gasteiger partial charge on any atom is 0.247 e. The Morgan fingerprint density at radius 2 is 2.21 bits per heavy atom. The Bertz CT molecular complexity index is 334. The van der Waals surface area contributed by atoms with E-state index in [9.17, 15) is 4.79 Å². The van der Waals surface area contributed by atoms with Crippen LogP contribution in [0.3, 0.4) is 0 Å². The maximum atomic E-state index is 11.0. The molecule has 2 N–H and O–H groups in total.